The van der Waals surface area contributed by atoms with Crippen LogP contribution >= 0.6 is 0 Å². The van der Waals surface area contributed by atoms with Crippen molar-refractivity contribution in [2.45, 2.75) is 71.3 Å². The Balaban J connectivity index is 1.77. The van der Waals surface area contributed by atoms with Gasteiger partial charge < -0.3 is 10.2 Å². The van der Waals surface area contributed by atoms with E-state index in [0.717, 1.165) is 51.6 Å². The standard InChI is InChI=1S/C17H30N2O2/c1-3-19(4-2)17(21)14-11-9-13(10-12-14)16(20)18-15-7-5-6-8-15/h13-15H,3-12H2,1-2H3,(H,18,20). The molecule has 2 aliphatic carbocycles. The topological polar surface area (TPSA) is 49.4 Å². The summed E-state index contributed by atoms with van der Waals surface area (Å²) in [4.78, 5) is 26.5. The van der Waals surface area contributed by atoms with Crippen LogP contribution in [0.25, 0.3) is 0 Å². The molecule has 1 N–H and O–H groups in total. The minimum absolute atomic E-state index is 0.131. The molecule has 0 saturated heterocycles. The zero-order valence-corrected chi connectivity index (χ0v) is 13.6. The molecule has 2 saturated carbocycles. The van der Waals surface area contributed by atoms with Crippen molar-refractivity contribution in [3.05, 3.63) is 0 Å². The summed E-state index contributed by atoms with van der Waals surface area (Å²) in [6.07, 6.45) is 8.26. The first-order valence-electron chi connectivity index (χ1n) is 8.74. The molecule has 0 aromatic heterocycles. The van der Waals surface area contributed by atoms with E-state index in [9.17, 15) is 9.59 Å². The second-order valence-corrected chi connectivity index (χ2v) is 6.55. The highest BCUT2D eigenvalue weighted by atomic mass is 16.2. The summed E-state index contributed by atoms with van der Waals surface area (Å²) < 4.78 is 0. The van der Waals surface area contributed by atoms with Gasteiger partial charge >= 0.3 is 0 Å². The normalized spacial score (nSPS) is 26.6. The number of hydrogen-bond donors (Lipinski definition) is 1. The smallest absolute Gasteiger partial charge is 0.225 e. The molecule has 0 heterocycles. The van der Waals surface area contributed by atoms with Crippen LogP contribution in [0.15, 0.2) is 0 Å². The summed E-state index contributed by atoms with van der Waals surface area (Å²) in [6.45, 7) is 5.64. The van der Waals surface area contributed by atoms with Gasteiger partial charge in [0.25, 0.3) is 0 Å². The molecule has 2 fully saturated rings. The van der Waals surface area contributed by atoms with E-state index >= 15 is 0 Å². The Bertz CT molecular complexity index is 352. The van der Waals surface area contributed by atoms with Crippen molar-refractivity contribution in [1.82, 2.24) is 10.2 Å². The molecule has 4 nitrogen and oxygen atoms in total. The lowest BCUT2D eigenvalue weighted by molar-refractivity contribution is -0.138. The van der Waals surface area contributed by atoms with Crippen LogP contribution in [0.1, 0.15) is 65.2 Å². The fourth-order valence-corrected chi connectivity index (χ4v) is 3.79. The summed E-state index contributed by atoms with van der Waals surface area (Å²) in [7, 11) is 0. The Morgan fingerprint density at radius 1 is 0.905 bits per heavy atom. The molecule has 0 aromatic rings. The van der Waals surface area contributed by atoms with Crippen LogP contribution in [0.4, 0.5) is 0 Å². The maximum atomic E-state index is 12.3. The lowest BCUT2D eigenvalue weighted by Gasteiger charge is -2.31. The van der Waals surface area contributed by atoms with Gasteiger partial charge in [-0.2, -0.15) is 0 Å². The van der Waals surface area contributed by atoms with Gasteiger partial charge in [-0.3, -0.25) is 9.59 Å². The van der Waals surface area contributed by atoms with Crippen molar-refractivity contribution in [2.24, 2.45) is 11.8 Å². The fraction of sp³-hybridized carbons (Fsp3) is 0.882. The number of nitrogens with zero attached hydrogens (tertiary/aromatic N) is 1. The first-order chi connectivity index (χ1) is 10.2. The average molecular weight is 294 g/mol. The monoisotopic (exact) mass is 294 g/mol. The number of carbonyl (C=O) groups excluding carboxylic acids is 2. The van der Waals surface area contributed by atoms with Crippen molar-refractivity contribution < 1.29 is 9.59 Å². The zero-order chi connectivity index (χ0) is 15.2. The SMILES string of the molecule is CCN(CC)C(=O)C1CCC(C(=O)NC2CCCC2)CC1. The second-order valence-electron chi connectivity index (χ2n) is 6.55. The molecular formula is C17H30N2O2. The third-order valence-corrected chi connectivity index (χ3v) is 5.22. The van der Waals surface area contributed by atoms with Crippen LogP contribution in [0, 0.1) is 11.8 Å². The number of carbonyl (C=O) groups is 2. The molecule has 0 radical (unpaired) electrons. The van der Waals surface area contributed by atoms with Crippen molar-refractivity contribution in [1.29, 1.82) is 0 Å². The summed E-state index contributed by atoms with van der Waals surface area (Å²) in [5.41, 5.74) is 0. The Kier molecular flexibility index (Phi) is 6.07. The molecule has 21 heavy (non-hydrogen) atoms. The highest BCUT2D eigenvalue weighted by Gasteiger charge is 2.32. The number of hydrogen-bond acceptors (Lipinski definition) is 2. The lowest BCUT2D eigenvalue weighted by atomic mass is 9.80. The van der Waals surface area contributed by atoms with Crippen LogP contribution in [0.3, 0.4) is 0 Å². The van der Waals surface area contributed by atoms with E-state index in [1.54, 1.807) is 0 Å². The second kappa shape index (κ2) is 7.81. The average Bonchev–Trinajstić information content (AvgIpc) is 3.01. The minimum Gasteiger partial charge on any atom is -0.353 e. The molecule has 2 aliphatic rings. The van der Waals surface area contributed by atoms with E-state index in [1.165, 1.54) is 12.8 Å². The Labute approximate surface area is 128 Å². The quantitative estimate of drug-likeness (QED) is 0.847. The predicted octanol–water partition coefficient (Wildman–Crippen LogP) is 2.72. The Morgan fingerprint density at radius 3 is 1.95 bits per heavy atom. The molecule has 0 aromatic carbocycles. The summed E-state index contributed by atoms with van der Waals surface area (Å²) in [6, 6.07) is 0.410. The van der Waals surface area contributed by atoms with Crippen molar-refractivity contribution >= 4 is 11.8 Å². The highest BCUT2D eigenvalue weighted by Crippen LogP contribution is 2.30. The molecular weight excluding hydrogens is 264 g/mol. The van der Waals surface area contributed by atoms with Crippen LogP contribution in [-0.4, -0.2) is 35.8 Å². The van der Waals surface area contributed by atoms with Crippen molar-refractivity contribution in [2.75, 3.05) is 13.1 Å². The third-order valence-electron chi connectivity index (χ3n) is 5.22. The minimum atomic E-state index is 0.131. The highest BCUT2D eigenvalue weighted by molar-refractivity contribution is 5.81. The van der Waals surface area contributed by atoms with Crippen LogP contribution < -0.4 is 5.32 Å². The fourth-order valence-electron chi connectivity index (χ4n) is 3.79. The Hall–Kier alpha value is -1.06. The first-order valence-corrected chi connectivity index (χ1v) is 8.74. The maximum absolute atomic E-state index is 12.3. The molecule has 2 amide bonds. The van der Waals surface area contributed by atoms with E-state index in [1.807, 2.05) is 18.7 Å². The number of nitrogens with one attached hydrogen (secondary N) is 1. The number of rotatable bonds is 5. The molecule has 120 valence electrons. The van der Waals surface area contributed by atoms with Gasteiger partial charge in [-0.05, 0) is 52.4 Å². The molecule has 0 bridgehead atoms. The van der Waals surface area contributed by atoms with Crippen molar-refractivity contribution in [3.8, 4) is 0 Å². The molecule has 0 atom stereocenters. The summed E-state index contributed by atoms with van der Waals surface area (Å²) >= 11 is 0. The molecule has 4 heteroatoms. The molecule has 0 unspecified atom stereocenters. The van der Waals surface area contributed by atoms with E-state index in [0.29, 0.717) is 6.04 Å². The van der Waals surface area contributed by atoms with Gasteiger partial charge in [0.05, 0.1) is 0 Å². The van der Waals surface area contributed by atoms with E-state index in [4.69, 9.17) is 0 Å². The van der Waals surface area contributed by atoms with Crippen molar-refractivity contribution in [3.63, 3.8) is 0 Å². The number of amides is 2. The molecule has 0 spiro atoms. The maximum Gasteiger partial charge on any atom is 0.225 e. The largest absolute Gasteiger partial charge is 0.353 e. The van der Waals surface area contributed by atoms with Gasteiger partial charge in [0.15, 0.2) is 0 Å². The third kappa shape index (κ3) is 4.21. The van der Waals surface area contributed by atoms with Gasteiger partial charge in [0.2, 0.25) is 11.8 Å². The summed E-state index contributed by atoms with van der Waals surface area (Å²) in [5.74, 6) is 0.789. The molecule has 2 rings (SSSR count). The van der Waals surface area contributed by atoms with Gasteiger partial charge in [-0.1, -0.05) is 12.8 Å². The van der Waals surface area contributed by atoms with E-state index in [-0.39, 0.29) is 23.7 Å². The summed E-state index contributed by atoms with van der Waals surface area (Å²) in [5, 5.41) is 3.20. The van der Waals surface area contributed by atoms with Gasteiger partial charge in [-0.15, -0.1) is 0 Å². The van der Waals surface area contributed by atoms with Gasteiger partial charge in [0, 0.05) is 31.0 Å². The van der Waals surface area contributed by atoms with E-state index < -0.39 is 0 Å². The van der Waals surface area contributed by atoms with Crippen LogP contribution in [-0.2, 0) is 9.59 Å². The molecule has 0 aliphatic heterocycles. The zero-order valence-electron chi connectivity index (χ0n) is 13.6. The van der Waals surface area contributed by atoms with E-state index in [2.05, 4.69) is 5.32 Å². The Morgan fingerprint density at radius 2 is 1.43 bits per heavy atom. The van der Waals surface area contributed by atoms with Crippen LogP contribution in [0.2, 0.25) is 0 Å². The lowest BCUT2D eigenvalue weighted by Crippen LogP contribution is -2.41. The van der Waals surface area contributed by atoms with Gasteiger partial charge in [-0.25, -0.2) is 0 Å². The first kappa shape index (κ1) is 16.3. The predicted molar refractivity (Wildman–Crippen MR) is 83.8 cm³/mol. The van der Waals surface area contributed by atoms with Gasteiger partial charge in [0.1, 0.15) is 0 Å². The van der Waals surface area contributed by atoms with Crippen LogP contribution in [0.5, 0.6) is 0 Å².